The minimum absolute atomic E-state index is 0.118. The molecule has 0 radical (unpaired) electrons. The molecule has 0 aliphatic rings. The summed E-state index contributed by atoms with van der Waals surface area (Å²) in [5.41, 5.74) is 0.400. The van der Waals surface area contributed by atoms with E-state index in [-0.39, 0.29) is 18.6 Å². The van der Waals surface area contributed by atoms with Crippen molar-refractivity contribution in [3.05, 3.63) is 21.7 Å². The Hall–Kier alpha value is -1.34. The van der Waals surface area contributed by atoms with E-state index in [2.05, 4.69) is 9.97 Å². The van der Waals surface area contributed by atoms with Crippen LogP contribution in [0.25, 0.3) is 0 Å². The molecule has 0 aliphatic heterocycles. The molecule has 0 aromatic carbocycles. The second kappa shape index (κ2) is 6.01. The van der Waals surface area contributed by atoms with Crippen molar-refractivity contribution < 1.29 is 9.90 Å². The molecule has 0 aliphatic carbocycles. The average molecular weight is 271 g/mol. The number of nitrogens with one attached hydrogen (secondary N) is 1. The minimum atomic E-state index is -0.466. The number of rotatable bonds is 4. The van der Waals surface area contributed by atoms with Gasteiger partial charge in [-0.2, -0.15) is 4.98 Å². The van der Waals surface area contributed by atoms with Gasteiger partial charge in [-0.25, -0.2) is 4.79 Å². The van der Waals surface area contributed by atoms with Crippen molar-refractivity contribution in [2.45, 2.75) is 24.9 Å². The van der Waals surface area contributed by atoms with E-state index in [1.807, 2.05) is 0 Å². The number of hydrogen-bond acceptors (Lipinski definition) is 5. The van der Waals surface area contributed by atoms with Gasteiger partial charge in [0.05, 0.1) is 18.2 Å². The molecular weight excluding hydrogens is 254 g/mol. The molecule has 1 heterocycles. The number of thioether (sulfide) groups is 1. The summed E-state index contributed by atoms with van der Waals surface area (Å²) in [6, 6.07) is -0.293. The lowest BCUT2D eigenvalue weighted by molar-refractivity contribution is 0.0676. The summed E-state index contributed by atoms with van der Waals surface area (Å²) >= 11 is 1.25. The topological polar surface area (TPSA) is 86.3 Å². The highest BCUT2D eigenvalue weighted by Crippen LogP contribution is 2.20. The van der Waals surface area contributed by atoms with Gasteiger partial charge in [-0.05, 0) is 20.1 Å². The smallest absolute Gasteiger partial charge is 0.346 e. The maximum absolute atomic E-state index is 12.3. The zero-order valence-electron chi connectivity index (χ0n) is 10.9. The number of H-pyrrole nitrogens is 1. The van der Waals surface area contributed by atoms with Crippen molar-refractivity contribution in [2.75, 3.05) is 19.9 Å². The quantitative estimate of drug-likeness (QED) is 0.605. The normalized spacial score (nSPS) is 12.3. The van der Waals surface area contributed by atoms with E-state index in [0.29, 0.717) is 16.3 Å². The van der Waals surface area contributed by atoms with Gasteiger partial charge >= 0.3 is 5.69 Å². The maximum Gasteiger partial charge on any atom is 0.346 e. The SMILES string of the molecule is CSc1nc(=O)[nH]c(C)c1C(=O)N(C)C(C)CO. The predicted octanol–water partition coefficient (Wildman–Crippen LogP) is 0.253. The summed E-state index contributed by atoms with van der Waals surface area (Å²) < 4.78 is 0. The van der Waals surface area contributed by atoms with Crippen molar-refractivity contribution in [1.82, 2.24) is 14.9 Å². The highest BCUT2D eigenvalue weighted by atomic mass is 32.2. The third-order valence-electron chi connectivity index (χ3n) is 2.74. The van der Waals surface area contributed by atoms with Crippen LogP contribution >= 0.6 is 11.8 Å². The maximum atomic E-state index is 12.3. The lowest BCUT2D eigenvalue weighted by Gasteiger charge is -2.24. The van der Waals surface area contributed by atoms with E-state index in [1.165, 1.54) is 16.7 Å². The van der Waals surface area contributed by atoms with Crippen LogP contribution in [0.5, 0.6) is 0 Å². The van der Waals surface area contributed by atoms with E-state index < -0.39 is 5.69 Å². The monoisotopic (exact) mass is 271 g/mol. The molecule has 0 saturated carbocycles. The number of hydrogen-bond donors (Lipinski definition) is 2. The number of likely N-dealkylation sites (N-methyl/N-ethyl adjacent to an activating group) is 1. The summed E-state index contributed by atoms with van der Waals surface area (Å²) in [6.07, 6.45) is 1.76. The van der Waals surface area contributed by atoms with Gasteiger partial charge in [0.2, 0.25) is 0 Å². The van der Waals surface area contributed by atoms with Gasteiger partial charge in [-0.3, -0.25) is 4.79 Å². The van der Waals surface area contributed by atoms with Crippen LogP contribution in [0.1, 0.15) is 23.0 Å². The summed E-state index contributed by atoms with van der Waals surface area (Å²) in [5, 5.41) is 9.47. The largest absolute Gasteiger partial charge is 0.394 e. The summed E-state index contributed by atoms with van der Waals surface area (Å²) in [4.78, 5) is 31.3. The molecule has 6 nitrogen and oxygen atoms in total. The lowest BCUT2D eigenvalue weighted by Crippen LogP contribution is -2.38. The molecule has 0 spiro atoms. The highest BCUT2D eigenvalue weighted by molar-refractivity contribution is 7.98. The first-order valence-corrected chi connectivity index (χ1v) is 6.67. The molecule has 1 aromatic heterocycles. The average Bonchev–Trinajstić information content (AvgIpc) is 2.35. The van der Waals surface area contributed by atoms with Crippen molar-refractivity contribution in [3.8, 4) is 0 Å². The summed E-state index contributed by atoms with van der Waals surface area (Å²) in [7, 11) is 1.61. The minimum Gasteiger partial charge on any atom is -0.394 e. The van der Waals surface area contributed by atoms with Gasteiger partial charge in [-0.1, -0.05) is 0 Å². The molecule has 7 heteroatoms. The fourth-order valence-corrected chi connectivity index (χ4v) is 2.08. The standard InChI is InChI=1S/C11H17N3O3S/c1-6(5-15)14(3)10(16)8-7(2)12-11(17)13-9(8)18-4/h6,15H,5H2,1-4H3,(H,12,13,17). The molecule has 1 unspecified atom stereocenters. The number of carbonyl (C=O) groups excluding carboxylic acids is 1. The second-order valence-corrected chi connectivity index (χ2v) is 4.79. The molecule has 0 bridgehead atoms. The molecule has 18 heavy (non-hydrogen) atoms. The molecule has 0 fully saturated rings. The summed E-state index contributed by atoms with van der Waals surface area (Å²) in [5.74, 6) is -0.262. The van der Waals surface area contributed by atoms with E-state index in [4.69, 9.17) is 5.11 Å². The van der Waals surface area contributed by atoms with E-state index in [0.717, 1.165) is 0 Å². The predicted molar refractivity (Wildman–Crippen MR) is 70.0 cm³/mol. The van der Waals surface area contributed by atoms with Gasteiger partial charge in [0.1, 0.15) is 5.03 Å². The summed E-state index contributed by atoms with van der Waals surface area (Å²) in [6.45, 7) is 3.28. The zero-order chi connectivity index (χ0) is 13.9. The van der Waals surface area contributed by atoms with Gasteiger partial charge in [0, 0.05) is 12.7 Å². The molecular formula is C11H17N3O3S. The molecule has 1 aromatic rings. The number of aromatic nitrogens is 2. The van der Waals surface area contributed by atoms with Crippen LogP contribution < -0.4 is 5.69 Å². The van der Waals surface area contributed by atoms with Crippen LogP contribution in [0, 0.1) is 6.92 Å². The van der Waals surface area contributed by atoms with E-state index in [9.17, 15) is 9.59 Å². The number of aromatic amines is 1. The van der Waals surface area contributed by atoms with Gasteiger partial charge in [0.25, 0.3) is 5.91 Å². The number of aliphatic hydroxyl groups is 1. The highest BCUT2D eigenvalue weighted by Gasteiger charge is 2.23. The Bertz CT molecular complexity index is 501. The Morgan fingerprint density at radius 1 is 1.61 bits per heavy atom. The van der Waals surface area contributed by atoms with Crippen LogP contribution in [0.3, 0.4) is 0 Å². The number of amides is 1. The Kier molecular flexibility index (Phi) is 4.92. The van der Waals surface area contributed by atoms with Crippen LogP contribution in [-0.4, -0.2) is 51.8 Å². The van der Waals surface area contributed by atoms with Crippen LogP contribution in [0.4, 0.5) is 0 Å². The number of nitrogens with zero attached hydrogens (tertiary/aromatic N) is 2. The Morgan fingerprint density at radius 3 is 2.72 bits per heavy atom. The molecule has 1 rings (SSSR count). The fraction of sp³-hybridized carbons (Fsp3) is 0.545. The van der Waals surface area contributed by atoms with Crippen LogP contribution in [0.15, 0.2) is 9.82 Å². The lowest BCUT2D eigenvalue weighted by atomic mass is 10.2. The van der Waals surface area contributed by atoms with E-state index >= 15 is 0 Å². The van der Waals surface area contributed by atoms with E-state index in [1.54, 1.807) is 27.2 Å². The van der Waals surface area contributed by atoms with Crippen molar-refractivity contribution in [1.29, 1.82) is 0 Å². The van der Waals surface area contributed by atoms with Crippen LogP contribution in [0.2, 0.25) is 0 Å². The molecule has 100 valence electrons. The number of aliphatic hydroxyl groups excluding tert-OH is 1. The third-order valence-corrected chi connectivity index (χ3v) is 3.42. The van der Waals surface area contributed by atoms with Crippen molar-refractivity contribution in [2.24, 2.45) is 0 Å². The van der Waals surface area contributed by atoms with Gasteiger partial charge < -0.3 is 15.0 Å². The first-order chi connectivity index (χ1) is 8.42. The fourth-order valence-electron chi connectivity index (χ4n) is 1.46. The second-order valence-electron chi connectivity index (χ2n) is 4.00. The molecule has 0 saturated heterocycles. The molecule has 1 amide bonds. The Balaban J connectivity index is 3.24. The van der Waals surface area contributed by atoms with Gasteiger partial charge in [-0.15, -0.1) is 11.8 Å². The van der Waals surface area contributed by atoms with Crippen LogP contribution in [-0.2, 0) is 0 Å². The Labute approximate surface area is 109 Å². The van der Waals surface area contributed by atoms with Gasteiger partial charge in [0.15, 0.2) is 0 Å². The first-order valence-electron chi connectivity index (χ1n) is 5.45. The first kappa shape index (κ1) is 14.7. The van der Waals surface area contributed by atoms with Crippen molar-refractivity contribution >= 4 is 17.7 Å². The van der Waals surface area contributed by atoms with Crippen molar-refractivity contribution in [3.63, 3.8) is 0 Å². The number of carbonyl (C=O) groups is 1. The number of aryl methyl sites for hydroxylation is 1. The third kappa shape index (κ3) is 2.91. The molecule has 1 atom stereocenters. The molecule has 2 N–H and O–H groups in total. The Morgan fingerprint density at radius 2 is 2.22 bits per heavy atom. The zero-order valence-corrected chi connectivity index (χ0v) is 11.7.